The molecule has 0 saturated carbocycles. The minimum absolute atomic E-state index is 0.231. The normalized spacial score (nSPS) is 22.0. The van der Waals surface area contributed by atoms with Gasteiger partial charge in [0.25, 0.3) is 0 Å². The van der Waals surface area contributed by atoms with Crippen LogP contribution >= 0.6 is 11.8 Å². The van der Waals surface area contributed by atoms with Crippen LogP contribution in [-0.2, 0) is 14.6 Å². The number of sulfone groups is 1. The Morgan fingerprint density at radius 2 is 1.68 bits per heavy atom. The van der Waals surface area contributed by atoms with Gasteiger partial charge in [0.15, 0.2) is 0 Å². The van der Waals surface area contributed by atoms with Crippen LogP contribution in [0.15, 0.2) is 35.2 Å². The fourth-order valence-electron chi connectivity index (χ4n) is 3.51. The van der Waals surface area contributed by atoms with Crippen LogP contribution in [0.3, 0.4) is 0 Å². The highest BCUT2D eigenvalue weighted by Crippen LogP contribution is 2.21. The van der Waals surface area contributed by atoms with E-state index in [1.807, 2.05) is 23.1 Å². The van der Waals surface area contributed by atoms with Crippen LogP contribution in [0.1, 0.15) is 19.3 Å². The molecule has 0 aliphatic carbocycles. The molecule has 3 rings (SSSR count). The molecule has 0 aromatic heterocycles. The van der Waals surface area contributed by atoms with Crippen molar-refractivity contribution in [3.63, 3.8) is 0 Å². The molecule has 138 valence electrons. The van der Waals surface area contributed by atoms with E-state index in [1.54, 1.807) is 11.8 Å². The summed E-state index contributed by atoms with van der Waals surface area (Å²) in [7, 11) is -2.81. The lowest BCUT2D eigenvalue weighted by Gasteiger charge is -2.40. The summed E-state index contributed by atoms with van der Waals surface area (Å²) in [6.07, 6.45) is 2.05. The van der Waals surface area contributed by atoms with Crippen molar-refractivity contribution in [3.05, 3.63) is 30.3 Å². The van der Waals surface area contributed by atoms with E-state index < -0.39 is 9.84 Å². The van der Waals surface area contributed by atoms with Crippen LogP contribution in [0, 0.1) is 0 Å². The second-order valence-corrected chi connectivity index (χ2v) is 10.2. The van der Waals surface area contributed by atoms with Crippen molar-refractivity contribution in [2.45, 2.75) is 30.2 Å². The minimum atomic E-state index is -2.81. The number of benzene rings is 1. The second-order valence-electron chi connectivity index (χ2n) is 6.71. The van der Waals surface area contributed by atoms with Gasteiger partial charge in [0.05, 0.1) is 11.5 Å². The zero-order chi connectivity index (χ0) is 17.7. The Hall–Kier alpha value is -1.05. The van der Waals surface area contributed by atoms with E-state index in [9.17, 15) is 13.2 Å². The van der Waals surface area contributed by atoms with Gasteiger partial charge in [-0.2, -0.15) is 0 Å². The van der Waals surface area contributed by atoms with Crippen molar-refractivity contribution in [3.8, 4) is 0 Å². The zero-order valence-electron chi connectivity index (χ0n) is 14.5. The van der Waals surface area contributed by atoms with Crippen molar-refractivity contribution < 1.29 is 13.2 Å². The minimum Gasteiger partial charge on any atom is -0.340 e. The third-order valence-electron chi connectivity index (χ3n) is 5.04. The average Bonchev–Trinajstić information content (AvgIpc) is 2.63. The molecule has 1 amide bonds. The summed E-state index contributed by atoms with van der Waals surface area (Å²) < 4.78 is 23.1. The number of nitrogens with zero attached hydrogens (tertiary/aromatic N) is 2. The van der Waals surface area contributed by atoms with E-state index in [1.165, 1.54) is 4.90 Å². The lowest BCUT2D eigenvalue weighted by atomic mass is 10.1. The zero-order valence-corrected chi connectivity index (χ0v) is 16.1. The van der Waals surface area contributed by atoms with Gasteiger partial charge >= 0.3 is 0 Å². The van der Waals surface area contributed by atoms with Gasteiger partial charge in [-0.15, -0.1) is 11.8 Å². The molecule has 5 nitrogen and oxygen atoms in total. The van der Waals surface area contributed by atoms with Crippen LogP contribution in [0.2, 0.25) is 0 Å². The molecule has 1 aromatic carbocycles. The topological polar surface area (TPSA) is 57.7 Å². The van der Waals surface area contributed by atoms with Gasteiger partial charge in [-0.3, -0.25) is 9.69 Å². The van der Waals surface area contributed by atoms with Crippen molar-refractivity contribution in [2.75, 3.05) is 43.4 Å². The molecule has 0 N–H and O–H groups in total. The number of thioether (sulfide) groups is 1. The number of hydrogen-bond acceptors (Lipinski definition) is 5. The third kappa shape index (κ3) is 5.46. The van der Waals surface area contributed by atoms with E-state index >= 15 is 0 Å². The molecule has 0 spiro atoms. The predicted octanol–water partition coefficient (Wildman–Crippen LogP) is 1.89. The second kappa shape index (κ2) is 8.56. The molecule has 2 aliphatic rings. The molecular weight excluding hydrogens is 356 g/mol. The quantitative estimate of drug-likeness (QED) is 0.728. The van der Waals surface area contributed by atoms with E-state index in [4.69, 9.17) is 0 Å². The summed E-state index contributed by atoms with van der Waals surface area (Å²) in [5, 5.41) is 0. The summed E-state index contributed by atoms with van der Waals surface area (Å²) >= 11 is 1.72. The Balaban J connectivity index is 1.37. The van der Waals surface area contributed by atoms with Gasteiger partial charge in [0.2, 0.25) is 5.91 Å². The number of rotatable bonds is 5. The van der Waals surface area contributed by atoms with Gasteiger partial charge in [0.1, 0.15) is 9.84 Å². The summed E-state index contributed by atoms with van der Waals surface area (Å²) in [6.45, 7) is 3.25. The molecule has 0 unspecified atom stereocenters. The molecule has 0 atom stereocenters. The standard InChI is InChI=1S/C18H26N2O3S2/c21-18(6-13-24-17-4-2-1-3-5-17)20-11-9-19(10-12-20)16-7-14-25(22,23)15-8-16/h1-5,16H,6-15H2. The first-order valence-electron chi connectivity index (χ1n) is 8.94. The van der Waals surface area contributed by atoms with Gasteiger partial charge in [-0.25, -0.2) is 8.42 Å². The van der Waals surface area contributed by atoms with Gasteiger partial charge in [0, 0.05) is 49.3 Å². The summed E-state index contributed by atoms with van der Waals surface area (Å²) in [5.74, 6) is 1.67. The van der Waals surface area contributed by atoms with Crippen LogP contribution < -0.4 is 0 Å². The average molecular weight is 383 g/mol. The summed E-state index contributed by atoms with van der Waals surface area (Å²) in [5.41, 5.74) is 0. The molecule has 0 bridgehead atoms. The molecule has 2 aliphatic heterocycles. The molecule has 25 heavy (non-hydrogen) atoms. The molecule has 7 heteroatoms. The fourth-order valence-corrected chi connectivity index (χ4v) is 5.84. The monoisotopic (exact) mass is 382 g/mol. The van der Waals surface area contributed by atoms with Crippen molar-refractivity contribution in [1.29, 1.82) is 0 Å². The molecule has 2 heterocycles. The molecule has 0 radical (unpaired) electrons. The highest BCUT2D eigenvalue weighted by atomic mass is 32.2. The Morgan fingerprint density at radius 1 is 1.04 bits per heavy atom. The maximum atomic E-state index is 12.4. The van der Waals surface area contributed by atoms with Crippen LogP contribution in [0.4, 0.5) is 0 Å². The number of carbonyl (C=O) groups excluding carboxylic acids is 1. The Kier molecular flexibility index (Phi) is 6.41. The van der Waals surface area contributed by atoms with Crippen molar-refractivity contribution >= 4 is 27.5 Å². The number of carbonyl (C=O) groups is 1. The number of amides is 1. The van der Waals surface area contributed by atoms with Crippen molar-refractivity contribution in [2.24, 2.45) is 0 Å². The van der Waals surface area contributed by atoms with Crippen LogP contribution in [0.5, 0.6) is 0 Å². The molecule has 2 fully saturated rings. The maximum absolute atomic E-state index is 12.4. The highest BCUT2D eigenvalue weighted by Gasteiger charge is 2.30. The Labute approximate surface area is 154 Å². The van der Waals surface area contributed by atoms with Gasteiger partial charge < -0.3 is 4.90 Å². The maximum Gasteiger partial charge on any atom is 0.223 e. The van der Waals surface area contributed by atoms with E-state index in [2.05, 4.69) is 17.0 Å². The van der Waals surface area contributed by atoms with Crippen LogP contribution in [-0.4, -0.2) is 73.6 Å². The first kappa shape index (κ1) is 18.7. The van der Waals surface area contributed by atoms with Gasteiger partial charge in [-0.1, -0.05) is 18.2 Å². The van der Waals surface area contributed by atoms with Crippen LogP contribution in [0.25, 0.3) is 0 Å². The van der Waals surface area contributed by atoms with E-state index in [0.29, 0.717) is 24.0 Å². The lowest BCUT2D eigenvalue weighted by molar-refractivity contribution is -0.132. The smallest absolute Gasteiger partial charge is 0.223 e. The fraction of sp³-hybridized carbons (Fsp3) is 0.611. The van der Waals surface area contributed by atoms with Crippen molar-refractivity contribution in [1.82, 2.24) is 9.80 Å². The van der Waals surface area contributed by atoms with E-state index in [-0.39, 0.29) is 5.91 Å². The Morgan fingerprint density at radius 3 is 2.32 bits per heavy atom. The molecule has 1 aromatic rings. The highest BCUT2D eigenvalue weighted by molar-refractivity contribution is 7.99. The first-order chi connectivity index (χ1) is 12.0. The summed E-state index contributed by atoms with van der Waals surface area (Å²) in [4.78, 5) is 17.9. The largest absolute Gasteiger partial charge is 0.340 e. The predicted molar refractivity (Wildman–Crippen MR) is 102 cm³/mol. The first-order valence-corrected chi connectivity index (χ1v) is 11.7. The van der Waals surface area contributed by atoms with E-state index in [0.717, 1.165) is 44.8 Å². The van der Waals surface area contributed by atoms with Gasteiger partial charge in [-0.05, 0) is 25.0 Å². The number of piperazine rings is 1. The SMILES string of the molecule is O=C(CCSc1ccccc1)N1CCN(C2CCS(=O)(=O)CC2)CC1. The molecule has 2 saturated heterocycles. The summed E-state index contributed by atoms with van der Waals surface area (Å²) in [6, 6.07) is 10.5. The Bertz CT molecular complexity index is 657. The third-order valence-corrected chi connectivity index (χ3v) is 7.76. The molecular formula is C18H26N2O3S2. The number of hydrogen-bond donors (Lipinski definition) is 0. The lowest BCUT2D eigenvalue weighted by Crippen LogP contribution is -2.53.